The van der Waals surface area contributed by atoms with Crippen LogP contribution in [0, 0.1) is 0 Å². The average Bonchev–Trinajstić information content (AvgIpc) is 2.38. The molecule has 1 rings (SSSR count). The maximum Gasteiger partial charge on any atom is 0.252 e. The van der Waals surface area contributed by atoms with E-state index in [-0.39, 0.29) is 24.8 Å². The molecule has 0 bridgehead atoms. The predicted octanol–water partition coefficient (Wildman–Crippen LogP) is 0.643. The van der Waals surface area contributed by atoms with Gasteiger partial charge >= 0.3 is 0 Å². The van der Waals surface area contributed by atoms with E-state index in [2.05, 4.69) is 20.9 Å². The highest BCUT2D eigenvalue weighted by Crippen LogP contribution is 2.19. The number of aromatic nitrogens is 1. The molecule has 3 N–H and O–H groups in total. The molecule has 7 heteroatoms. The third-order valence-corrected chi connectivity index (χ3v) is 2.54. The van der Waals surface area contributed by atoms with Gasteiger partial charge in [0.05, 0.1) is 10.6 Å². The van der Waals surface area contributed by atoms with E-state index in [1.165, 1.54) is 12.3 Å². The van der Waals surface area contributed by atoms with Gasteiger partial charge in [0.1, 0.15) is 5.82 Å². The van der Waals surface area contributed by atoms with Crippen LogP contribution < -0.4 is 16.0 Å². The van der Waals surface area contributed by atoms with Crippen LogP contribution in [0.4, 0.5) is 5.82 Å². The minimum absolute atomic E-state index is 0.128. The normalized spacial score (nSPS) is 9.72. The smallest absolute Gasteiger partial charge is 0.252 e. The summed E-state index contributed by atoms with van der Waals surface area (Å²) in [5, 5.41) is 8.25. The van der Waals surface area contributed by atoms with E-state index in [9.17, 15) is 9.59 Å². The van der Waals surface area contributed by atoms with E-state index in [1.807, 2.05) is 0 Å². The summed E-state index contributed by atoms with van der Waals surface area (Å²) in [6.45, 7) is 0.268. The molecule has 2 amide bonds. The van der Waals surface area contributed by atoms with Crippen molar-refractivity contribution in [2.24, 2.45) is 0 Å². The first-order valence-electron chi connectivity index (χ1n) is 5.40. The summed E-state index contributed by atoms with van der Waals surface area (Å²) >= 11 is 5.91. The zero-order valence-corrected chi connectivity index (χ0v) is 11.0. The fourth-order valence-corrected chi connectivity index (χ4v) is 1.52. The Balaban J connectivity index is 2.56. The van der Waals surface area contributed by atoms with Gasteiger partial charge in [-0.1, -0.05) is 11.6 Å². The van der Waals surface area contributed by atoms with Gasteiger partial charge in [-0.15, -0.1) is 0 Å². The number of amides is 2. The zero-order chi connectivity index (χ0) is 13.5. The van der Waals surface area contributed by atoms with Gasteiger partial charge in [-0.05, 0) is 6.07 Å². The second kappa shape index (κ2) is 6.80. The van der Waals surface area contributed by atoms with Crippen LogP contribution in [0.5, 0.6) is 0 Å². The topological polar surface area (TPSA) is 83.1 Å². The van der Waals surface area contributed by atoms with E-state index in [0.717, 1.165) is 0 Å². The van der Waals surface area contributed by atoms with Crippen LogP contribution in [0.15, 0.2) is 12.3 Å². The molecule has 0 saturated carbocycles. The van der Waals surface area contributed by atoms with E-state index >= 15 is 0 Å². The number of nitrogens with one attached hydrogen (secondary N) is 3. The van der Waals surface area contributed by atoms with Crippen molar-refractivity contribution in [2.45, 2.75) is 6.42 Å². The first-order chi connectivity index (χ1) is 8.58. The number of nitrogens with zero attached hydrogens (tertiary/aromatic N) is 1. The first-order valence-corrected chi connectivity index (χ1v) is 5.78. The lowest BCUT2D eigenvalue weighted by Crippen LogP contribution is -2.29. The molecule has 0 radical (unpaired) electrons. The lowest BCUT2D eigenvalue weighted by molar-refractivity contribution is -0.120. The molecule has 98 valence electrons. The zero-order valence-electron chi connectivity index (χ0n) is 10.2. The Labute approximate surface area is 110 Å². The summed E-state index contributed by atoms with van der Waals surface area (Å²) in [5.41, 5.74) is 0.357. The number of halogens is 1. The summed E-state index contributed by atoms with van der Waals surface area (Å²) in [6, 6.07) is 1.52. The maximum atomic E-state index is 11.7. The summed E-state index contributed by atoms with van der Waals surface area (Å²) in [4.78, 5) is 26.7. The number of pyridine rings is 1. The van der Waals surface area contributed by atoms with Crippen LogP contribution in [-0.2, 0) is 4.79 Å². The van der Waals surface area contributed by atoms with E-state index in [0.29, 0.717) is 16.4 Å². The molecular weight excluding hydrogens is 256 g/mol. The van der Waals surface area contributed by atoms with Crippen LogP contribution >= 0.6 is 11.6 Å². The SMILES string of the molecule is CNC(=O)CCNC(=O)c1cnc(NC)c(Cl)c1. The summed E-state index contributed by atoms with van der Waals surface area (Å²) in [7, 11) is 3.24. The molecular formula is C11H15ClN4O2. The van der Waals surface area contributed by atoms with Gasteiger partial charge in [-0.2, -0.15) is 0 Å². The highest BCUT2D eigenvalue weighted by atomic mass is 35.5. The van der Waals surface area contributed by atoms with Crippen molar-refractivity contribution in [1.82, 2.24) is 15.6 Å². The Hall–Kier alpha value is -1.82. The van der Waals surface area contributed by atoms with Gasteiger partial charge in [-0.25, -0.2) is 4.98 Å². The Morgan fingerprint density at radius 2 is 2.11 bits per heavy atom. The van der Waals surface area contributed by atoms with Gasteiger partial charge in [0.15, 0.2) is 0 Å². The van der Waals surface area contributed by atoms with Crippen molar-refractivity contribution < 1.29 is 9.59 Å². The summed E-state index contributed by atoms with van der Waals surface area (Å²) in [5.74, 6) is 0.0755. The molecule has 0 aliphatic carbocycles. The van der Waals surface area contributed by atoms with E-state index in [4.69, 9.17) is 11.6 Å². The molecule has 1 aromatic heterocycles. The molecule has 0 aliphatic heterocycles. The molecule has 1 aromatic rings. The molecule has 0 aromatic carbocycles. The number of rotatable bonds is 5. The molecule has 0 aliphatic rings. The number of anilines is 1. The van der Waals surface area contributed by atoms with Crippen molar-refractivity contribution in [3.63, 3.8) is 0 Å². The molecule has 6 nitrogen and oxygen atoms in total. The van der Waals surface area contributed by atoms with Gasteiger partial charge in [0.25, 0.3) is 5.91 Å². The monoisotopic (exact) mass is 270 g/mol. The number of hydrogen-bond donors (Lipinski definition) is 3. The van der Waals surface area contributed by atoms with Crippen LogP contribution in [0.25, 0.3) is 0 Å². The van der Waals surface area contributed by atoms with Gasteiger partial charge in [0, 0.05) is 33.3 Å². The molecule has 18 heavy (non-hydrogen) atoms. The van der Waals surface area contributed by atoms with Crippen LogP contribution in [0.2, 0.25) is 5.02 Å². The first kappa shape index (κ1) is 14.2. The minimum atomic E-state index is -0.309. The third-order valence-electron chi connectivity index (χ3n) is 2.26. The van der Waals surface area contributed by atoms with Crippen LogP contribution in [0.1, 0.15) is 16.8 Å². The molecule has 1 heterocycles. The van der Waals surface area contributed by atoms with Crippen molar-refractivity contribution in [1.29, 1.82) is 0 Å². The van der Waals surface area contributed by atoms with Crippen molar-refractivity contribution in [3.05, 3.63) is 22.8 Å². The lowest BCUT2D eigenvalue weighted by Gasteiger charge is -2.06. The Morgan fingerprint density at radius 1 is 1.39 bits per heavy atom. The van der Waals surface area contributed by atoms with Gasteiger partial charge < -0.3 is 16.0 Å². The Kier molecular flexibility index (Phi) is 5.38. The largest absolute Gasteiger partial charge is 0.372 e. The van der Waals surface area contributed by atoms with Crippen molar-refractivity contribution >= 4 is 29.2 Å². The molecule has 0 atom stereocenters. The average molecular weight is 271 g/mol. The highest BCUT2D eigenvalue weighted by Gasteiger charge is 2.09. The van der Waals surface area contributed by atoms with Crippen molar-refractivity contribution in [2.75, 3.05) is 26.0 Å². The van der Waals surface area contributed by atoms with Crippen LogP contribution in [-0.4, -0.2) is 37.4 Å². The fraction of sp³-hybridized carbons (Fsp3) is 0.364. The Bertz CT molecular complexity index is 451. The standard InChI is InChI=1S/C11H15ClN4O2/c1-13-9(17)3-4-15-11(18)7-5-8(12)10(14-2)16-6-7/h5-6H,3-4H2,1-2H3,(H,13,17)(H,14,16)(H,15,18). The summed E-state index contributed by atoms with van der Waals surface area (Å²) < 4.78 is 0. The molecule has 0 spiro atoms. The number of carbonyl (C=O) groups excluding carboxylic acids is 2. The maximum absolute atomic E-state index is 11.7. The quantitative estimate of drug-likeness (QED) is 0.733. The summed E-state index contributed by atoms with van der Waals surface area (Å²) in [6.07, 6.45) is 1.66. The predicted molar refractivity (Wildman–Crippen MR) is 69.8 cm³/mol. The van der Waals surface area contributed by atoms with Crippen molar-refractivity contribution in [3.8, 4) is 0 Å². The van der Waals surface area contributed by atoms with Gasteiger partial charge in [-0.3, -0.25) is 9.59 Å². The number of hydrogen-bond acceptors (Lipinski definition) is 4. The molecule has 0 fully saturated rings. The Morgan fingerprint density at radius 3 is 2.67 bits per heavy atom. The van der Waals surface area contributed by atoms with Crippen LogP contribution in [0.3, 0.4) is 0 Å². The van der Waals surface area contributed by atoms with E-state index < -0.39 is 0 Å². The second-order valence-corrected chi connectivity index (χ2v) is 3.89. The number of carbonyl (C=O) groups is 2. The molecule has 0 unspecified atom stereocenters. The second-order valence-electron chi connectivity index (χ2n) is 3.48. The minimum Gasteiger partial charge on any atom is -0.372 e. The lowest BCUT2D eigenvalue weighted by atomic mass is 10.2. The highest BCUT2D eigenvalue weighted by molar-refractivity contribution is 6.33. The third kappa shape index (κ3) is 3.89. The molecule has 0 saturated heterocycles. The fourth-order valence-electron chi connectivity index (χ4n) is 1.26. The van der Waals surface area contributed by atoms with Gasteiger partial charge in [0.2, 0.25) is 5.91 Å². The van der Waals surface area contributed by atoms with E-state index in [1.54, 1.807) is 14.1 Å².